The molecule has 70 valence electrons. The molecule has 1 heterocycles. The molecule has 0 amide bonds. The fourth-order valence-electron chi connectivity index (χ4n) is 1.66. The summed E-state index contributed by atoms with van der Waals surface area (Å²) in [6, 6.07) is 0. The van der Waals surface area contributed by atoms with Crippen LogP contribution in [-0.2, 0) is 0 Å². The highest BCUT2D eigenvalue weighted by atomic mass is 15.1. The van der Waals surface area contributed by atoms with Gasteiger partial charge in [0.25, 0.3) is 0 Å². The molecule has 1 nitrogen and oxygen atoms in total. The lowest BCUT2D eigenvalue weighted by atomic mass is 10.2. The van der Waals surface area contributed by atoms with Crippen molar-refractivity contribution in [3.8, 4) is 0 Å². The standard InChI is InChI=1S/C11H21N/c1-2-3-4-6-9-12-10-7-5-8-11-12/h5,7H,2-4,6,8-11H2,1H3. The minimum atomic E-state index is 1.19. The van der Waals surface area contributed by atoms with Crippen molar-refractivity contribution in [2.45, 2.75) is 39.0 Å². The van der Waals surface area contributed by atoms with E-state index >= 15 is 0 Å². The molecule has 0 spiro atoms. The molecule has 1 aliphatic heterocycles. The number of rotatable bonds is 5. The molecule has 0 saturated carbocycles. The third-order valence-electron chi connectivity index (χ3n) is 2.47. The molecular formula is C11H21N. The Labute approximate surface area is 76.5 Å². The van der Waals surface area contributed by atoms with Crippen molar-refractivity contribution in [3.63, 3.8) is 0 Å². The van der Waals surface area contributed by atoms with Gasteiger partial charge in [-0.1, -0.05) is 38.3 Å². The first-order valence-corrected chi connectivity index (χ1v) is 5.31. The third kappa shape index (κ3) is 3.91. The average molecular weight is 167 g/mol. The van der Waals surface area contributed by atoms with Crippen LogP contribution in [0.5, 0.6) is 0 Å². The van der Waals surface area contributed by atoms with Crippen molar-refractivity contribution in [2.75, 3.05) is 19.6 Å². The first-order valence-electron chi connectivity index (χ1n) is 5.31. The second-order valence-electron chi connectivity index (χ2n) is 3.62. The van der Waals surface area contributed by atoms with Gasteiger partial charge in [-0.05, 0) is 19.4 Å². The van der Waals surface area contributed by atoms with Gasteiger partial charge in [0, 0.05) is 13.1 Å². The van der Waals surface area contributed by atoms with E-state index in [-0.39, 0.29) is 0 Å². The van der Waals surface area contributed by atoms with Crippen molar-refractivity contribution >= 4 is 0 Å². The van der Waals surface area contributed by atoms with E-state index in [0.29, 0.717) is 0 Å². The highest BCUT2D eigenvalue weighted by molar-refractivity contribution is 4.90. The van der Waals surface area contributed by atoms with Gasteiger partial charge < -0.3 is 0 Å². The molecule has 0 unspecified atom stereocenters. The van der Waals surface area contributed by atoms with Crippen molar-refractivity contribution in [1.29, 1.82) is 0 Å². The Kier molecular flexibility index (Phi) is 5.09. The van der Waals surface area contributed by atoms with Gasteiger partial charge in [0.2, 0.25) is 0 Å². The van der Waals surface area contributed by atoms with E-state index in [1.165, 1.54) is 51.7 Å². The highest BCUT2D eigenvalue weighted by Gasteiger charge is 2.03. The molecule has 0 fully saturated rings. The lowest BCUT2D eigenvalue weighted by Gasteiger charge is -2.22. The molecule has 0 aromatic rings. The van der Waals surface area contributed by atoms with Crippen molar-refractivity contribution in [3.05, 3.63) is 12.2 Å². The Balaban J connectivity index is 1.95. The van der Waals surface area contributed by atoms with Gasteiger partial charge in [-0.3, -0.25) is 4.90 Å². The number of nitrogens with zero attached hydrogens (tertiary/aromatic N) is 1. The smallest absolute Gasteiger partial charge is 0.0163 e. The largest absolute Gasteiger partial charge is 0.299 e. The molecule has 0 aromatic carbocycles. The second kappa shape index (κ2) is 6.24. The maximum absolute atomic E-state index is 2.55. The molecule has 1 heteroatoms. The fourth-order valence-corrected chi connectivity index (χ4v) is 1.66. The molecule has 0 bridgehead atoms. The van der Waals surface area contributed by atoms with Gasteiger partial charge in [0.1, 0.15) is 0 Å². The number of hydrogen-bond acceptors (Lipinski definition) is 1. The van der Waals surface area contributed by atoms with Gasteiger partial charge in [0.15, 0.2) is 0 Å². The maximum atomic E-state index is 2.55. The Morgan fingerprint density at radius 1 is 1.17 bits per heavy atom. The van der Waals surface area contributed by atoms with Crippen LogP contribution in [0.4, 0.5) is 0 Å². The first-order chi connectivity index (χ1) is 5.93. The summed E-state index contributed by atoms with van der Waals surface area (Å²) in [4.78, 5) is 2.55. The average Bonchev–Trinajstić information content (AvgIpc) is 2.14. The predicted octanol–water partition coefficient (Wildman–Crippen LogP) is 2.83. The van der Waals surface area contributed by atoms with Crippen molar-refractivity contribution in [2.24, 2.45) is 0 Å². The highest BCUT2D eigenvalue weighted by Crippen LogP contribution is 2.05. The Bertz CT molecular complexity index is 129. The number of hydrogen-bond donors (Lipinski definition) is 0. The summed E-state index contributed by atoms with van der Waals surface area (Å²) in [5.41, 5.74) is 0. The molecule has 0 aromatic heterocycles. The summed E-state index contributed by atoms with van der Waals surface area (Å²) >= 11 is 0. The van der Waals surface area contributed by atoms with Crippen LogP contribution in [0.3, 0.4) is 0 Å². The normalized spacial score (nSPS) is 18.4. The predicted molar refractivity (Wildman–Crippen MR) is 54.3 cm³/mol. The van der Waals surface area contributed by atoms with Gasteiger partial charge in [-0.25, -0.2) is 0 Å². The topological polar surface area (TPSA) is 3.24 Å². The van der Waals surface area contributed by atoms with Gasteiger partial charge in [-0.15, -0.1) is 0 Å². The van der Waals surface area contributed by atoms with E-state index in [2.05, 4.69) is 24.0 Å². The molecule has 0 aliphatic carbocycles. The molecule has 0 saturated heterocycles. The van der Waals surface area contributed by atoms with E-state index in [9.17, 15) is 0 Å². The summed E-state index contributed by atoms with van der Waals surface area (Å²) in [5, 5.41) is 0. The lowest BCUT2D eigenvalue weighted by Crippen LogP contribution is -2.28. The molecule has 1 rings (SSSR count). The van der Waals surface area contributed by atoms with Crippen LogP contribution in [0.1, 0.15) is 39.0 Å². The molecule has 0 radical (unpaired) electrons. The van der Waals surface area contributed by atoms with Crippen LogP contribution < -0.4 is 0 Å². The minimum absolute atomic E-state index is 1.19. The zero-order valence-electron chi connectivity index (χ0n) is 8.26. The van der Waals surface area contributed by atoms with E-state index in [4.69, 9.17) is 0 Å². The fraction of sp³-hybridized carbons (Fsp3) is 0.818. The van der Waals surface area contributed by atoms with Crippen LogP contribution in [0.2, 0.25) is 0 Å². The lowest BCUT2D eigenvalue weighted by molar-refractivity contribution is 0.291. The van der Waals surface area contributed by atoms with E-state index in [1.54, 1.807) is 0 Å². The zero-order chi connectivity index (χ0) is 8.65. The third-order valence-corrected chi connectivity index (χ3v) is 2.47. The molecular weight excluding hydrogens is 146 g/mol. The maximum Gasteiger partial charge on any atom is 0.0163 e. The molecule has 12 heavy (non-hydrogen) atoms. The second-order valence-corrected chi connectivity index (χ2v) is 3.62. The Morgan fingerprint density at radius 3 is 2.75 bits per heavy atom. The van der Waals surface area contributed by atoms with Gasteiger partial charge in [-0.2, -0.15) is 0 Å². The van der Waals surface area contributed by atoms with Crippen LogP contribution in [0, 0.1) is 0 Å². The molecule has 1 aliphatic rings. The SMILES string of the molecule is CCCCCCN1CC=CCC1. The summed E-state index contributed by atoms with van der Waals surface area (Å²) in [6.07, 6.45) is 11.4. The minimum Gasteiger partial charge on any atom is -0.299 e. The monoisotopic (exact) mass is 167 g/mol. The van der Waals surface area contributed by atoms with E-state index in [1.807, 2.05) is 0 Å². The Morgan fingerprint density at radius 2 is 2.08 bits per heavy atom. The van der Waals surface area contributed by atoms with E-state index < -0.39 is 0 Å². The first kappa shape index (κ1) is 9.79. The summed E-state index contributed by atoms with van der Waals surface area (Å²) in [6.45, 7) is 6.04. The van der Waals surface area contributed by atoms with Crippen LogP contribution >= 0.6 is 0 Å². The van der Waals surface area contributed by atoms with Crippen LogP contribution in [0.15, 0.2) is 12.2 Å². The van der Waals surface area contributed by atoms with E-state index in [0.717, 1.165) is 0 Å². The molecule has 0 atom stereocenters. The van der Waals surface area contributed by atoms with Gasteiger partial charge in [0.05, 0.1) is 0 Å². The molecule has 0 N–H and O–H groups in total. The summed E-state index contributed by atoms with van der Waals surface area (Å²) < 4.78 is 0. The zero-order valence-corrected chi connectivity index (χ0v) is 8.26. The van der Waals surface area contributed by atoms with Gasteiger partial charge >= 0.3 is 0 Å². The van der Waals surface area contributed by atoms with Crippen LogP contribution in [-0.4, -0.2) is 24.5 Å². The van der Waals surface area contributed by atoms with Crippen molar-refractivity contribution in [1.82, 2.24) is 4.90 Å². The quantitative estimate of drug-likeness (QED) is 0.449. The Hall–Kier alpha value is -0.300. The summed E-state index contributed by atoms with van der Waals surface area (Å²) in [7, 11) is 0. The van der Waals surface area contributed by atoms with Crippen molar-refractivity contribution < 1.29 is 0 Å². The van der Waals surface area contributed by atoms with Crippen LogP contribution in [0.25, 0.3) is 0 Å². The summed E-state index contributed by atoms with van der Waals surface area (Å²) in [5.74, 6) is 0. The number of unbranched alkanes of at least 4 members (excludes halogenated alkanes) is 3.